The molecular formula is C15H15ClN4. The quantitative estimate of drug-likeness (QED) is 0.748. The van der Waals surface area contributed by atoms with Gasteiger partial charge in [0, 0.05) is 6.20 Å². The number of aromatic nitrogens is 3. The molecule has 3 rings (SSSR count). The van der Waals surface area contributed by atoms with Gasteiger partial charge in [-0.3, -0.25) is 0 Å². The number of nitrogens with zero attached hydrogens (tertiary/aromatic N) is 3. The molecule has 0 aliphatic carbocycles. The molecule has 3 aromatic rings. The highest BCUT2D eigenvalue weighted by Gasteiger charge is 2.08. The molecule has 0 aliphatic heterocycles. The Kier molecular flexibility index (Phi) is 3.32. The number of aryl methyl sites for hydroxylation is 2. The number of anilines is 1. The number of nitrogens with one attached hydrogen (secondary N) is 1. The van der Waals surface area contributed by atoms with Gasteiger partial charge in [0.25, 0.3) is 0 Å². The lowest BCUT2D eigenvalue weighted by Crippen LogP contribution is -2.05. The van der Waals surface area contributed by atoms with Gasteiger partial charge in [0.05, 0.1) is 29.3 Å². The number of imidazole rings is 1. The Labute approximate surface area is 122 Å². The smallest absolute Gasteiger partial charge is 0.137 e. The first-order chi connectivity index (χ1) is 9.65. The standard InChI is InChI=1S/C15H15ClN4/c1-10-12(6-7-14(16)18-10)17-9-13-11(2)19-15-5-3-4-8-20(13)15/h3-8,17H,9H2,1-2H3. The summed E-state index contributed by atoms with van der Waals surface area (Å²) in [5, 5.41) is 3.91. The van der Waals surface area contributed by atoms with Crippen molar-refractivity contribution in [3.63, 3.8) is 0 Å². The van der Waals surface area contributed by atoms with E-state index in [1.54, 1.807) is 6.07 Å². The van der Waals surface area contributed by atoms with Crippen molar-refractivity contribution in [3.8, 4) is 0 Å². The molecule has 3 aromatic heterocycles. The second kappa shape index (κ2) is 5.13. The Balaban J connectivity index is 1.88. The largest absolute Gasteiger partial charge is 0.378 e. The zero-order chi connectivity index (χ0) is 14.1. The first kappa shape index (κ1) is 12.9. The van der Waals surface area contributed by atoms with Gasteiger partial charge < -0.3 is 9.72 Å². The fourth-order valence-corrected chi connectivity index (χ4v) is 2.46. The van der Waals surface area contributed by atoms with Crippen LogP contribution in [0.2, 0.25) is 5.15 Å². The minimum atomic E-state index is 0.513. The van der Waals surface area contributed by atoms with Gasteiger partial charge in [0.2, 0.25) is 0 Å². The molecule has 0 radical (unpaired) electrons. The highest BCUT2D eigenvalue weighted by molar-refractivity contribution is 6.29. The second-order valence-electron chi connectivity index (χ2n) is 4.69. The number of pyridine rings is 2. The van der Waals surface area contributed by atoms with Crippen LogP contribution in [0.4, 0.5) is 5.69 Å². The molecule has 0 aromatic carbocycles. The zero-order valence-corrected chi connectivity index (χ0v) is 12.1. The van der Waals surface area contributed by atoms with Crippen LogP contribution in [0.5, 0.6) is 0 Å². The summed E-state index contributed by atoms with van der Waals surface area (Å²) in [6.07, 6.45) is 2.03. The third-order valence-corrected chi connectivity index (χ3v) is 3.54. The summed E-state index contributed by atoms with van der Waals surface area (Å²) in [6, 6.07) is 9.74. The van der Waals surface area contributed by atoms with Crippen LogP contribution in [0.1, 0.15) is 17.1 Å². The van der Waals surface area contributed by atoms with Crippen molar-refractivity contribution in [2.24, 2.45) is 0 Å². The van der Waals surface area contributed by atoms with Crippen molar-refractivity contribution in [3.05, 3.63) is 58.8 Å². The van der Waals surface area contributed by atoms with Crippen LogP contribution in [0.15, 0.2) is 36.5 Å². The number of hydrogen-bond donors (Lipinski definition) is 1. The van der Waals surface area contributed by atoms with E-state index in [2.05, 4.69) is 19.7 Å². The summed E-state index contributed by atoms with van der Waals surface area (Å²) in [6.45, 7) is 4.66. The lowest BCUT2D eigenvalue weighted by atomic mass is 10.3. The molecule has 0 aliphatic rings. The number of fused-ring (bicyclic) bond motifs is 1. The molecule has 0 saturated carbocycles. The van der Waals surface area contributed by atoms with Crippen molar-refractivity contribution in [1.82, 2.24) is 14.4 Å². The fraction of sp³-hybridized carbons (Fsp3) is 0.200. The van der Waals surface area contributed by atoms with E-state index in [1.807, 2.05) is 44.3 Å². The van der Waals surface area contributed by atoms with Gasteiger partial charge in [-0.15, -0.1) is 0 Å². The molecule has 3 heterocycles. The third-order valence-electron chi connectivity index (χ3n) is 3.33. The van der Waals surface area contributed by atoms with Gasteiger partial charge in [-0.1, -0.05) is 17.7 Å². The molecular weight excluding hydrogens is 272 g/mol. The van der Waals surface area contributed by atoms with Crippen LogP contribution >= 0.6 is 11.6 Å². The Morgan fingerprint density at radius 1 is 1.10 bits per heavy atom. The maximum Gasteiger partial charge on any atom is 0.137 e. The van der Waals surface area contributed by atoms with Gasteiger partial charge in [-0.2, -0.15) is 0 Å². The molecule has 0 amide bonds. The Morgan fingerprint density at radius 3 is 2.75 bits per heavy atom. The summed E-state index contributed by atoms with van der Waals surface area (Å²) < 4.78 is 2.10. The van der Waals surface area contributed by atoms with Crippen LogP contribution in [0.3, 0.4) is 0 Å². The topological polar surface area (TPSA) is 42.2 Å². The van der Waals surface area contributed by atoms with Crippen molar-refractivity contribution in [1.29, 1.82) is 0 Å². The molecule has 0 bridgehead atoms. The van der Waals surface area contributed by atoms with E-state index in [9.17, 15) is 0 Å². The van der Waals surface area contributed by atoms with Gasteiger partial charge in [0.15, 0.2) is 0 Å². The second-order valence-corrected chi connectivity index (χ2v) is 5.08. The van der Waals surface area contributed by atoms with E-state index >= 15 is 0 Å². The predicted molar refractivity (Wildman–Crippen MR) is 81.2 cm³/mol. The van der Waals surface area contributed by atoms with Crippen molar-refractivity contribution in [2.75, 3.05) is 5.32 Å². The fourth-order valence-electron chi connectivity index (χ4n) is 2.27. The molecule has 20 heavy (non-hydrogen) atoms. The molecule has 4 nitrogen and oxygen atoms in total. The van der Waals surface area contributed by atoms with Crippen molar-refractivity contribution < 1.29 is 0 Å². The van der Waals surface area contributed by atoms with Crippen LogP contribution in [0.25, 0.3) is 5.65 Å². The zero-order valence-electron chi connectivity index (χ0n) is 11.4. The number of halogens is 1. The van der Waals surface area contributed by atoms with Gasteiger partial charge in [0.1, 0.15) is 10.8 Å². The molecule has 0 saturated heterocycles. The minimum Gasteiger partial charge on any atom is -0.378 e. The Bertz CT molecular complexity index is 764. The molecule has 0 fully saturated rings. The van der Waals surface area contributed by atoms with E-state index in [-0.39, 0.29) is 0 Å². The van der Waals surface area contributed by atoms with Crippen LogP contribution in [-0.4, -0.2) is 14.4 Å². The first-order valence-corrected chi connectivity index (χ1v) is 6.82. The average molecular weight is 287 g/mol. The first-order valence-electron chi connectivity index (χ1n) is 6.45. The lowest BCUT2D eigenvalue weighted by molar-refractivity contribution is 0.980. The van der Waals surface area contributed by atoms with Crippen molar-refractivity contribution in [2.45, 2.75) is 20.4 Å². The average Bonchev–Trinajstić information content (AvgIpc) is 2.74. The summed E-state index contributed by atoms with van der Waals surface area (Å²) in [4.78, 5) is 8.79. The molecule has 0 unspecified atom stereocenters. The third kappa shape index (κ3) is 2.34. The van der Waals surface area contributed by atoms with E-state index in [4.69, 9.17) is 11.6 Å². The molecule has 102 valence electrons. The van der Waals surface area contributed by atoms with Crippen molar-refractivity contribution >= 4 is 22.9 Å². The number of hydrogen-bond acceptors (Lipinski definition) is 3. The van der Waals surface area contributed by atoms with Crippen LogP contribution in [-0.2, 0) is 6.54 Å². The predicted octanol–water partition coefficient (Wildman–Crippen LogP) is 3.61. The summed E-state index contributed by atoms with van der Waals surface area (Å²) in [5.41, 5.74) is 5.02. The molecule has 1 N–H and O–H groups in total. The van der Waals surface area contributed by atoms with E-state index in [0.29, 0.717) is 11.7 Å². The van der Waals surface area contributed by atoms with E-state index in [1.165, 1.54) is 0 Å². The van der Waals surface area contributed by atoms with Gasteiger partial charge in [-0.25, -0.2) is 9.97 Å². The van der Waals surface area contributed by atoms with Crippen LogP contribution < -0.4 is 5.32 Å². The number of rotatable bonds is 3. The summed E-state index contributed by atoms with van der Waals surface area (Å²) in [5.74, 6) is 0. The molecule has 0 spiro atoms. The van der Waals surface area contributed by atoms with Gasteiger partial charge in [-0.05, 0) is 38.1 Å². The van der Waals surface area contributed by atoms with Crippen LogP contribution in [0, 0.1) is 13.8 Å². The maximum atomic E-state index is 5.87. The highest BCUT2D eigenvalue weighted by Crippen LogP contribution is 2.18. The summed E-state index contributed by atoms with van der Waals surface area (Å²) >= 11 is 5.87. The molecule has 0 atom stereocenters. The maximum absolute atomic E-state index is 5.87. The van der Waals surface area contributed by atoms with Gasteiger partial charge >= 0.3 is 0 Å². The van der Waals surface area contributed by atoms with E-state index < -0.39 is 0 Å². The monoisotopic (exact) mass is 286 g/mol. The lowest BCUT2D eigenvalue weighted by Gasteiger charge is -2.09. The van der Waals surface area contributed by atoms with E-state index in [0.717, 1.165) is 28.4 Å². The highest BCUT2D eigenvalue weighted by atomic mass is 35.5. The normalized spacial score (nSPS) is 10.9. The summed E-state index contributed by atoms with van der Waals surface area (Å²) in [7, 11) is 0. The minimum absolute atomic E-state index is 0.513. The molecule has 5 heteroatoms. The SMILES string of the molecule is Cc1nc(Cl)ccc1NCc1c(C)nc2ccccn12. The Morgan fingerprint density at radius 2 is 1.95 bits per heavy atom. The Hall–Kier alpha value is -2.07.